The van der Waals surface area contributed by atoms with Crippen molar-refractivity contribution in [3.8, 4) is 0 Å². The summed E-state index contributed by atoms with van der Waals surface area (Å²) in [5, 5.41) is 55.0. The Balaban J connectivity index is 2.03. The number of nitrogens with one attached hydrogen (secondary N) is 1. The fourth-order valence-corrected chi connectivity index (χ4v) is 12.6. The van der Waals surface area contributed by atoms with Crippen LogP contribution in [0.3, 0.4) is 0 Å². The average Bonchev–Trinajstić information content (AvgIpc) is 3.59. The monoisotopic (exact) mass is 1160 g/mol. The lowest BCUT2D eigenvalue weighted by Crippen LogP contribution is -2.60. The van der Waals surface area contributed by atoms with Crippen molar-refractivity contribution < 1.29 is 39.8 Å². The Morgan fingerprint density at radius 3 is 0.866 bits per heavy atom. The zero-order valence-electron chi connectivity index (χ0n) is 55.0. The van der Waals surface area contributed by atoms with Crippen molar-refractivity contribution in [3.05, 3.63) is 0 Å². The number of rotatable bonds is 67. The normalized spacial score (nSPS) is 18.2. The van der Waals surface area contributed by atoms with Crippen LogP contribution in [0, 0.1) is 0 Å². The van der Waals surface area contributed by atoms with E-state index in [1.54, 1.807) is 0 Å². The molecule has 0 bridgehead atoms. The molecule has 0 aromatic rings. The van der Waals surface area contributed by atoms with E-state index in [1.165, 1.54) is 340 Å². The van der Waals surface area contributed by atoms with E-state index in [9.17, 15) is 30.3 Å². The van der Waals surface area contributed by atoms with Gasteiger partial charge in [-0.15, -0.1) is 0 Å². The minimum atomic E-state index is -1.55. The van der Waals surface area contributed by atoms with E-state index in [-0.39, 0.29) is 12.5 Å². The average molecular weight is 1160 g/mol. The summed E-state index contributed by atoms with van der Waals surface area (Å²) in [5.74, 6) is -0.133. The number of carbonyl (C=O) groups is 1. The maximum atomic E-state index is 13.2. The summed E-state index contributed by atoms with van der Waals surface area (Å²) in [4.78, 5) is 13.2. The summed E-state index contributed by atoms with van der Waals surface area (Å²) >= 11 is 0. The molecule has 1 heterocycles. The standard InChI is InChI=1S/C73H145NO8/c1-3-5-7-9-11-13-15-17-19-21-23-25-27-28-29-30-31-32-33-34-35-36-37-38-39-40-41-43-45-47-49-51-53-55-57-59-61-63-69(77)74-66(65-81-73-72(80)71(79)70(78)68(64-75)82-73)67(76)62-60-58-56-54-52-50-48-46-44-42-26-24-22-20-18-16-14-12-10-8-6-4-2/h66-68,70-73,75-76,78-80H,3-65H2,1-2H3,(H,74,77). The van der Waals surface area contributed by atoms with E-state index in [4.69, 9.17) is 9.47 Å². The molecular formula is C73H145NO8. The molecule has 1 aliphatic heterocycles. The van der Waals surface area contributed by atoms with Gasteiger partial charge in [0.25, 0.3) is 0 Å². The zero-order valence-corrected chi connectivity index (χ0v) is 55.0. The lowest BCUT2D eigenvalue weighted by molar-refractivity contribution is -0.302. The van der Waals surface area contributed by atoms with Crippen LogP contribution in [0.2, 0.25) is 0 Å². The van der Waals surface area contributed by atoms with Gasteiger partial charge in [-0.05, 0) is 12.8 Å². The molecule has 0 saturated carbocycles. The van der Waals surface area contributed by atoms with Gasteiger partial charge in [0.1, 0.15) is 24.4 Å². The number of carbonyl (C=O) groups excluding carboxylic acids is 1. The topological polar surface area (TPSA) is 149 Å². The van der Waals surface area contributed by atoms with E-state index in [2.05, 4.69) is 19.2 Å². The number of ether oxygens (including phenoxy) is 2. The van der Waals surface area contributed by atoms with Crippen molar-refractivity contribution in [3.63, 3.8) is 0 Å². The lowest BCUT2D eigenvalue weighted by atomic mass is 9.99. The Morgan fingerprint density at radius 2 is 0.610 bits per heavy atom. The highest BCUT2D eigenvalue weighted by Gasteiger charge is 2.44. The van der Waals surface area contributed by atoms with E-state index in [0.29, 0.717) is 12.8 Å². The smallest absolute Gasteiger partial charge is 0.220 e. The predicted molar refractivity (Wildman–Crippen MR) is 351 cm³/mol. The zero-order chi connectivity index (χ0) is 59.3. The third-order valence-electron chi connectivity index (χ3n) is 18.5. The first-order valence-electron chi connectivity index (χ1n) is 37.2. The summed E-state index contributed by atoms with van der Waals surface area (Å²) in [6.07, 6.45) is 73.4. The third kappa shape index (κ3) is 51.3. The second kappa shape index (κ2) is 63.2. The molecule has 490 valence electrons. The predicted octanol–water partition coefficient (Wildman–Crippen LogP) is 20.5. The molecule has 1 aliphatic rings. The Kier molecular flexibility index (Phi) is 61.1. The van der Waals surface area contributed by atoms with Gasteiger partial charge in [0.15, 0.2) is 6.29 Å². The summed E-state index contributed by atoms with van der Waals surface area (Å²) in [7, 11) is 0. The third-order valence-corrected chi connectivity index (χ3v) is 18.5. The molecule has 1 saturated heterocycles. The number of aliphatic hydroxyl groups excluding tert-OH is 5. The molecule has 9 heteroatoms. The number of unbranched alkanes of at least 4 members (excludes halogenated alkanes) is 57. The van der Waals surface area contributed by atoms with Crippen LogP contribution in [-0.2, 0) is 14.3 Å². The minimum Gasteiger partial charge on any atom is -0.394 e. The number of hydrogen-bond acceptors (Lipinski definition) is 8. The van der Waals surface area contributed by atoms with Crippen molar-refractivity contribution in [2.75, 3.05) is 13.2 Å². The number of aliphatic hydroxyl groups is 5. The minimum absolute atomic E-state index is 0.130. The fourth-order valence-electron chi connectivity index (χ4n) is 12.6. The molecule has 0 spiro atoms. The molecule has 1 fully saturated rings. The van der Waals surface area contributed by atoms with Crippen LogP contribution in [0.25, 0.3) is 0 Å². The van der Waals surface area contributed by atoms with Crippen LogP contribution in [0.4, 0.5) is 0 Å². The molecule has 0 aromatic carbocycles. The maximum absolute atomic E-state index is 13.2. The van der Waals surface area contributed by atoms with Crippen LogP contribution >= 0.6 is 0 Å². The van der Waals surface area contributed by atoms with Gasteiger partial charge in [-0.25, -0.2) is 0 Å². The molecular weight excluding hydrogens is 1020 g/mol. The molecule has 0 aromatic heterocycles. The van der Waals surface area contributed by atoms with Gasteiger partial charge < -0.3 is 40.3 Å². The number of hydrogen-bond donors (Lipinski definition) is 6. The molecule has 1 rings (SSSR count). The second-order valence-electron chi connectivity index (χ2n) is 26.5. The van der Waals surface area contributed by atoms with Gasteiger partial charge in [-0.2, -0.15) is 0 Å². The maximum Gasteiger partial charge on any atom is 0.220 e. The molecule has 9 nitrogen and oxygen atoms in total. The first kappa shape index (κ1) is 79.2. The quantitative estimate of drug-likeness (QED) is 0.0330. The highest BCUT2D eigenvalue weighted by molar-refractivity contribution is 5.76. The van der Waals surface area contributed by atoms with E-state index in [0.717, 1.165) is 38.5 Å². The van der Waals surface area contributed by atoms with Gasteiger partial charge in [-0.3, -0.25) is 4.79 Å². The van der Waals surface area contributed by atoms with Gasteiger partial charge in [0.05, 0.1) is 25.4 Å². The van der Waals surface area contributed by atoms with Crippen molar-refractivity contribution in [1.29, 1.82) is 0 Å². The second-order valence-corrected chi connectivity index (χ2v) is 26.5. The molecule has 7 unspecified atom stereocenters. The van der Waals surface area contributed by atoms with Gasteiger partial charge in [-0.1, -0.05) is 386 Å². The Bertz CT molecular complexity index is 1260. The van der Waals surface area contributed by atoms with Crippen LogP contribution in [-0.4, -0.2) is 87.5 Å². The van der Waals surface area contributed by atoms with Crippen molar-refractivity contribution >= 4 is 5.91 Å². The van der Waals surface area contributed by atoms with Crippen molar-refractivity contribution in [2.45, 2.75) is 448 Å². The fraction of sp³-hybridized carbons (Fsp3) is 0.986. The summed E-state index contributed by atoms with van der Waals surface area (Å²) in [5.41, 5.74) is 0. The van der Waals surface area contributed by atoms with Crippen LogP contribution in [0.5, 0.6) is 0 Å². The van der Waals surface area contributed by atoms with Gasteiger partial charge in [0, 0.05) is 6.42 Å². The highest BCUT2D eigenvalue weighted by Crippen LogP contribution is 2.24. The first-order chi connectivity index (χ1) is 40.3. The molecule has 7 atom stereocenters. The lowest BCUT2D eigenvalue weighted by Gasteiger charge is -2.40. The molecule has 1 amide bonds. The van der Waals surface area contributed by atoms with Crippen molar-refractivity contribution in [1.82, 2.24) is 5.32 Å². The molecule has 6 N–H and O–H groups in total. The first-order valence-corrected chi connectivity index (χ1v) is 37.2. The van der Waals surface area contributed by atoms with Gasteiger partial charge in [0.2, 0.25) is 5.91 Å². The summed E-state index contributed by atoms with van der Waals surface area (Å²) in [6.45, 7) is 3.91. The van der Waals surface area contributed by atoms with Crippen LogP contribution < -0.4 is 5.32 Å². The number of amides is 1. The van der Waals surface area contributed by atoms with Crippen LogP contribution in [0.15, 0.2) is 0 Å². The molecule has 0 aliphatic carbocycles. The van der Waals surface area contributed by atoms with Crippen LogP contribution in [0.1, 0.15) is 406 Å². The van der Waals surface area contributed by atoms with Crippen molar-refractivity contribution in [2.24, 2.45) is 0 Å². The largest absolute Gasteiger partial charge is 0.394 e. The SMILES string of the molecule is CCCCCCCCCCCCCCCCCCCCCCCCCCCCCCCCCCCCCCCC(=O)NC(COC1OC(CO)C(O)C(O)C1O)C(O)CCCCCCCCCCCCCCCCCCCCCCCC. The van der Waals surface area contributed by atoms with E-state index in [1.807, 2.05) is 0 Å². The highest BCUT2D eigenvalue weighted by atomic mass is 16.7. The summed E-state index contributed by atoms with van der Waals surface area (Å²) in [6, 6.07) is -0.715. The molecule has 82 heavy (non-hydrogen) atoms. The van der Waals surface area contributed by atoms with Gasteiger partial charge >= 0.3 is 0 Å². The Hall–Kier alpha value is -0.810. The summed E-state index contributed by atoms with van der Waals surface area (Å²) < 4.78 is 11.4. The Labute approximate surface area is 510 Å². The van der Waals surface area contributed by atoms with E-state index < -0.39 is 49.5 Å². The Morgan fingerprint density at radius 1 is 0.366 bits per heavy atom. The van der Waals surface area contributed by atoms with E-state index >= 15 is 0 Å². The molecule has 0 radical (unpaired) electrons.